The molecule has 7 nitrogen and oxygen atoms in total. The highest BCUT2D eigenvalue weighted by Gasteiger charge is 2.22. The van der Waals surface area contributed by atoms with Crippen molar-refractivity contribution in [1.82, 2.24) is 25.4 Å². The van der Waals surface area contributed by atoms with E-state index >= 15 is 0 Å². The maximum Gasteiger partial charge on any atom is 0.251 e. The van der Waals surface area contributed by atoms with E-state index in [1.54, 1.807) is 24.3 Å². The van der Waals surface area contributed by atoms with Gasteiger partial charge in [-0.3, -0.25) is 14.7 Å². The van der Waals surface area contributed by atoms with E-state index < -0.39 is 6.04 Å². The van der Waals surface area contributed by atoms with Crippen LogP contribution in [0.2, 0.25) is 0 Å². The lowest BCUT2D eigenvalue weighted by molar-refractivity contribution is -0.123. The predicted octanol–water partition coefficient (Wildman–Crippen LogP) is 3.18. The summed E-state index contributed by atoms with van der Waals surface area (Å²) >= 11 is 5.25. The molecule has 0 aliphatic rings. The number of aromatic nitrogens is 3. The van der Waals surface area contributed by atoms with Crippen LogP contribution >= 0.6 is 12.2 Å². The van der Waals surface area contributed by atoms with Crippen molar-refractivity contribution < 1.29 is 9.59 Å². The van der Waals surface area contributed by atoms with Crippen molar-refractivity contribution in [3.05, 3.63) is 82.4 Å². The maximum absolute atomic E-state index is 13.0. The first-order chi connectivity index (χ1) is 14.5. The van der Waals surface area contributed by atoms with Crippen molar-refractivity contribution in [2.24, 2.45) is 0 Å². The number of carbonyl (C=O) groups excluding carboxylic acids is 2. The van der Waals surface area contributed by atoms with E-state index in [1.165, 1.54) is 0 Å². The molecule has 30 heavy (non-hydrogen) atoms. The van der Waals surface area contributed by atoms with E-state index in [9.17, 15) is 9.59 Å². The van der Waals surface area contributed by atoms with Crippen molar-refractivity contribution in [2.75, 3.05) is 0 Å². The topological polar surface area (TPSA) is 91.8 Å². The van der Waals surface area contributed by atoms with Crippen LogP contribution in [0.3, 0.4) is 0 Å². The SMILES string of the molecule is CC(C)n1c(CNC(=O)C(Cc2ccccc2)NC(=O)c2ccccc2)n[nH]c1=S. The molecule has 3 aromatic rings. The van der Waals surface area contributed by atoms with Gasteiger partial charge >= 0.3 is 0 Å². The van der Waals surface area contributed by atoms with Crippen LogP contribution in [0.25, 0.3) is 0 Å². The molecule has 8 heteroatoms. The van der Waals surface area contributed by atoms with Crippen molar-refractivity contribution >= 4 is 24.0 Å². The summed E-state index contributed by atoms with van der Waals surface area (Å²) in [5.41, 5.74) is 1.46. The highest BCUT2D eigenvalue weighted by atomic mass is 32.1. The molecular weight excluding hydrogens is 398 g/mol. The summed E-state index contributed by atoms with van der Waals surface area (Å²) in [5.74, 6) is 0.0556. The summed E-state index contributed by atoms with van der Waals surface area (Å²) in [4.78, 5) is 25.6. The zero-order valence-corrected chi connectivity index (χ0v) is 17.8. The molecule has 0 saturated heterocycles. The quantitative estimate of drug-likeness (QED) is 0.485. The molecule has 156 valence electrons. The molecule has 0 fully saturated rings. The van der Waals surface area contributed by atoms with Crippen molar-refractivity contribution in [2.45, 2.75) is 38.9 Å². The number of nitrogens with one attached hydrogen (secondary N) is 3. The highest BCUT2D eigenvalue weighted by Crippen LogP contribution is 2.09. The zero-order chi connectivity index (χ0) is 21.5. The van der Waals surface area contributed by atoms with Crippen molar-refractivity contribution in [1.29, 1.82) is 0 Å². The van der Waals surface area contributed by atoms with Gasteiger partial charge in [0.05, 0.1) is 6.54 Å². The Bertz CT molecular complexity index is 1040. The lowest BCUT2D eigenvalue weighted by atomic mass is 10.0. The first-order valence-corrected chi connectivity index (χ1v) is 10.2. The average Bonchev–Trinajstić information content (AvgIpc) is 3.13. The predicted molar refractivity (Wildman–Crippen MR) is 117 cm³/mol. The zero-order valence-electron chi connectivity index (χ0n) is 17.0. The normalized spacial score (nSPS) is 11.8. The van der Waals surface area contributed by atoms with Gasteiger partial charge < -0.3 is 15.2 Å². The summed E-state index contributed by atoms with van der Waals surface area (Å²) < 4.78 is 2.36. The van der Waals surface area contributed by atoms with E-state index in [0.29, 0.717) is 22.6 Å². The Morgan fingerprint density at radius 1 is 1.07 bits per heavy atom. The van der Waals surface area contributed by atoms with E-state index in [4.69, 9.17) is 12.2 Å². The number of nitrogens with zero attached hydrogens (tertiary/aromatic N) is 2. The average molecular weight is 424 g/mol. The first-order valence-electron chi connectivity index (χ1n) is 9.79. The Balaban J connectivity index is 1.74. The molecule has 0 aliphatic carbocycles. The number of carbonyl (C=O) groups is 2. The fourth-order valence-corrected chi connectivity index (χ4v) is 3.54. The van der Waals surface area contributed by atoms with Gasteiger partial charge in [-0.05, 0) is 43.8 Å². The third-order valence-electron chi connectivity index (χ3n) is 4.66. The van der Waals surface area contributed by atoms with Gasteiger partial charge in [-0.25, -0.2) is 0 Å². The Kier molecular flexibility index (Phi) is 7.13. The van der Waals surface area contributed by atoms with E-state index in [1.807, 2.05) is 54.8 Å². The van der Waals surface area contributed by atoms with Gasteiger partial charge in [0.1, 0.15) is 6.04 Å². The van der Waals surface area contributed by atoms with Crippen LogP contribution in [0.4, 0.5) is 0 Å². The Labute approximate surface area is 180 Å². The van der Waals surface area contributed by atoms with Crippen LogP contribution in [-0.4, -0.2) is 32.6 Å². The van der Waals surface area contributed by atoms with E-state index in [-0.39, 0.29) is 24.4 Å². The summed E-state index contributed by atoms with van der Waals surface area (Å²) in [7, 11) is 0. The van der Waals surface area contributed by atoms with Crippen LogP contribution in [0, 0.1) is 4.77 Å². The summed E-state index contributed by atoms with van der Waals surface area (Å²) in [6.45, 7) is 4.19. The van der Waals surface area contributed by atoms with Crippen LogP contribution in [0.5, 0.6) is 0 Å². The molecule has 2 amide bonds. The number of hydrogen-bond acceptors (Lipinski definition) is 4. The second-order valence-corrected chi connectivity index (χ2v) is 7.60. The molecule has 1 atom stereocenters. The molecule has 0 saturated carbocycles. The molecule has 1 unspecified atom stereocenters. The number of amides is 2. The minimum atomic E-state index is -0.727. The lowest BCUT2D eigenvalue weighted by Crippen LogP contribution is -2.48. The molecule has 3 N–H and O–H groups in total. The smallest absolute Gasteiger partial charge is 0.251 e. The molecule has 1 aromatic heterocycles. The molecule has 2 aromatic carbocycles. The van der Waals surface area contributed by atoms with Crippen molar-refractivity contribution in [3.8, 4) is 0 Å². The minimum absolute atomic E-state index is 0.112. The van der Waals surface area contributed by atoms with E-state index in [2.05, 4.69) is 20.8 Å². The monoisotopic (exact) mass is 423 g/mol. The molecule has 0 radical (unpaired) electrons. The maximum atomic E-state index is 13.0. The van der Waals surface area contributed by atoms with Gasteiger partial charge in [0, 0.05) is 18.0 Å². The summed E-state index contributed by atoms with van der Waals surface area (Å²) in [6, 6.07) is 17.8. The second kappa shape index (κ2) is 9.98. The van der Waals surface area contributed by atoms with Gasteiger partial charge in [0.25, 0.3) is 5.91 Å². The third-order valence-corrected chi connectivity index (χ3v) is 4.94. The highest BCUT2D eigenvalue weighted by molar-refractivity contribution is 7.71. The van der Waals surface area contributed by atoms with Crippen LogP contribution in [0.1, 0.15) is 41.6 Å². The van der Waals surface area contributed by atoms with Gasteiger partial charge in [0.2, 0.25) is 5.91 Å². The lowest BCUT2D eigenvalue weighted by Gasteiger charge is -2.19. The number of aromatic amines is 1. The summed E-state index contributed by atoms with van der Waals surface area (Å²) in [6.07, 6.45) is 0.377. The van der Waals surface area contributed by atoms with Crippen molar-refractivity contribution in [3.63, 3.8) is 0 Å². The van der Waals surface area contributed by atoms with Crippen LogP contribution < -0.4 is 10.6 Å². The molecule has 1 heterocycles. The molecular formula is C22H25N5O2S. The third kappa shape index (κ3) is 5.42. The number of benzene rings is 2. The molecule has 0 aliphatic heterocycles. The molecule has 0 spiro atoms. The Morgan fingerprint density at radius 3 is 2.33 bits per heavy atom. The standard InChI is InChI=1S/C22H25N5O2S/c1-15(2)27-19(25-26-22(27)30)14-23-21(29)18(13-16-9-5-3-6-10-16)24-20(28)17-11-7-4-8-12-17/h3-12,15,18H,13-14H2,1-2H3,(H,23,29)(H,24,28)(H,26,30). The van der Waals surface area contributed by atoms with Gasteiger partial charge in [-0.1, -0.05) is 48.5 Å². The molecule has 3 rings (SSSR count). The van der Waals surface area contributed by atoms with Gasteiger partial charge in [-0.15, -0.1) is 0 Å². The number of H-pyrrole nitrogens is 1. The van der Waals surface area contributed by atoms with E-state index in [0.717, 1.165) is 5.56 Å². The Morgan fingerprint density at radius 2 is 1.70 bits per heavy atom. The van der Waals surface area contributed by atoms with Crippen LogP contribution in [0.15, 0.2) is 60.7 Å². The fourth-order valence-electron chi connectivity index (χ4n) is 3.17. The van der Waals surface area contributed by atoms with Gasteiger partial charge in [-0.2, -0.15) is 5.10 Å². The number of hydrogen-bond donors (Lipinski definition) is 3. The largest absolute Gasteiger partial charge is 0.347 e. The fraction of sp³-hybridized carbons (Fsp3) is 0.273. The Hall–Kier alpha value is -3.26. The molecule has 0 bridgehead atoms. The van der Waals surface area contributed by atoms with Crippen LogP contribution in [-0.2, 0) is 17.8 Å². The second-order valence-electron chi connectivity index (χ2n) is 7.21. The van der Waals surface area contributed by atoms with Gasteiger partial charge in [0.15, 0.2) is 10.6 Å². The minimum Gasteiger partial charge on any atom is -0.347 e. The first kappa shape index (κ1) is 21.4. The summed E-state index contributed by atoms with van der Waals surface area (Å²) in [5, 5.41) is 12.7. The number of rotatable bonds is 8.